The molecule has 0 bridgehead atoms. The second kappa shape index (κ2) is 5.23. The van der Waals surface area contributed by atoms with Gasteiger partial charge in [0, 0.05) is 31.4 Å². The van der Waals surface area contributed by atoms with Crippen molar-refractivity contribution >= 4 is 17.6 Å². The number of likely N-dealkylation sites (N-methyl/N-ethyl adjacent to an activating group) is 1. The van der Waals surface area contributed by atoms with Crippen molar-refractivity contribution in [3.05, 3.63) is 23.4 Å². The average Bonchev–Trinajstić information content (AvgIpc) is 2.40. The minimum Gasteiger partial charge on any atom is -0.342 e. The molecule has 1 aromatic rings. The van der Waals surface area contributed by atoms with E-state index in [0.29, 0.717) is 30.2 Å². The molecule has 0 atom stereocenters. The van der Waals surface area contributed by atoms with Crippen LogP contribution in [0.4, 0.5) is 5.82 Å². The Bertz CT molecular complexity index is 517. The Labute approximate surface area is 111 Å². The van der Waals surface area contributed by atoms with Gasteiger partial charge < -0.3 is 15.2 Å². The molecule has 1 aromatic heterocycles. The van der Waals surface area contributed by atoms with Gasteiger partial charge in [-0.2, -0.15) is 0 Å². The number of hydrazine groups is 1. The summed E-state index contributed by atoms with van der Waals surface area (Å²) in [5, 5.41) is 0. The minimum atomic E-state index is -0.177. The lowest BCUT2D eigenvalue weighted by molar-refractivity contribution is -0.133. The van der Waals surface area contributed by atoms with E-state index in [1.807, 2.05) is 0 Å². The molecule has 0 aromatic carbocycles. The van der Waals surface area contributed by atoms with Crippen molar-refractivity contribution in [1.82, 2.24) is 14.8 Å². The summed E-state index contributed by atoms with van der Waals surface area (Å²) in [6.07, 6.45) is 0. The zero-order valence-electron chi connectivity index (χ0n) is 11.0. The highest BCUT2D eigenvalue weighted by atomic mass is 16.2. The maximum atomic E-state index is 12.3. The van der Waals surface area contributed by atoms with Gasteiger partial charge in [-0.15, -0.1) is 0 Å². The lowest BCUT2D eigenvalue weighted by Crippen LogP contribution is -2.50. The molecule has 7 heteroatoms. The normalized spacial score (nSPS) is 15.6. The lowest BCUT2D eigenvalue weighted by atomic mass is 10.2. The molecule has 102 valence electrons. The number of aryl methyl sites for hydroxylation is 1. The molecule has 3 N–H and O–H groups in total. The average molecular weight is 263 g/mol. The number of nitrogens with two attached hydrogens (primary N) is 1. The third kappa shape index (κ3) is 2.82. The van der Waals surface area contributed by atoms with Gasteiger partial charge in [0.25, 0.3) is 5.91 Å². The second-order valence-electron chi connectivity index (χ2n) is 4.57. The summed E-state index contributed by atoms with van der Waals surface area (Å²) in [5.41, 5.74) is 3.60. The molecular weight excluding hydrogens is 246 g/mol. The first-order valence-electron chi connectivity index (χ1n) is 6.00. The van der Waals surface area contributed by atoms with Gasteiger partial charge in [0.15, 0.2) is 0 Å². The summed E-state index contributed by atoms with van der Waals surface area (Å²) >= 11 is 0. The number of hydrogen-bond acceptors (Lipinski definition) is 5. The first kappa shape index (κ1) is 13.3. The van der Waals surface area contributed by atoms with Gasteiger partial charge in [0.1, 0.15) is 12.4 Å². The molecule has 0 saturated carbocycles. The Morgan fingerprint density at radius 3 is 2.79 bits per heavy atom. The molecule has 7 nitrogen and oxygen atoms in total. The van der Waals surface area contributed by atoms with E-state index in [9.17, 15) is 9.59 Å². The summed E-state index contributed by atoms with van der Waals surface area (Å²) in [7, 11) is 1.73. The Hall–Kier alpha value is -2.15. The van der Waals surface area contributed by atoms with E-state index < -0.39 is 0 Å². The van der Waals surface area contributed by atoms with Crippen molar-refractivity contribution in [2.24, 2.45) is 5.84 Å². The molecule has 2 heterocycles. The number of pyridine rings is 1. The summed E-state index contributed by atoms with van der Waals surface area (Å²) in [5.74, 6) is 5.51. The van der Waals surface area contributed by atoms with E-state index in [1.54, 1.807) is 31.0 Å². The maximum Gasteiger partial charge on any atom is 0.254 e. The lowest BCUT2D eigenvalue weighted by Gasteiger charge is -2.32. The number of nitrogen functional groups attached to an aromatic ring is 1. The van der Waals surface area contributed by atoms with Crippen molar-refractivity contribution in [2.75, 3.05) is 32.1 Å². The van der Waals surface area contributed by atoms with E-state index in [4.69, 9.17) is 5.84 Å². The monoisotopic (exact) mass is 263 g/mol. The fourth-order valence-corrected chi connectivity index (χ4v) is 1.98. The van der Waals surface area contributed by atoms with E-state index in [2.05, 4.69) is 10.4 Å². The number of amides is 2. The van der Waals surface area contributed by atoms with Gasteiger partial charge >= 0.3 is 0 Å². The van der Waals surface area contributed by atoms with Crippen LogP contribution in [-0.2, 0) is 4.79 Å². The molecule has 0 unspecified atom stereocenters. The molecule has 0 spiro atoms. The topological polar surface area (TPSA) is 91.6 Å². The smallest absolute Gasteiger partial charge is 0.254 e. The van der Waals surface area contributed by atoms with Crippen LogP contribution in [0, 0.1) is 6.92 Å². The van der Waals surface area contributed by atoms with Crippen LogP contribution in [0.3, 0.4) is 0 Å². The SMILES string of the molecule is Cc1cc(C(=O)N2CCN(C)C(=O)C2)cc(NN)n1. The van der Waals surface area contributed by atoms with Gasteiger partial charge in [-0.25, -0.2) is 10.8 Å². The standard InChI is InChI=1S/C12H17N5O2/c1-8-5-9(6-10(14-8)15-13)12(19)17-4-3-16(2)11(18)7-17/h5-6H,3-4,7,13H2,1-2H3,(H,14,15). The van der Waals surface area contributed by atoms with Gasteiger partial charge in [0.2, 0.25) is 5.91 Å². The highest BCUT2D eigenvalue weighted by molar-refractivity contribution is 5.97. The summed E-state index contributed by atoms with van der Waals surface area (Å²) in [6, 6.07) is 3.27. The molecule has 19 heavy (non-hydrogen) atoms. The van der Waals surface area contributed by atoms with Gasteiger partial charge in [-0.1, -0.05) is 0 Å². The van der Waals surface area contributed by atoms with Crippen molar-refractivity contribution in [3.8, 4) is 0 Å². The summed E-state index contributed by atoms with van der Waals surface area (Å²) < 4.78 is 0. The minimum absolute atomic E-state index is 0.0532. The number of anilines is 1. The van der Waals surface area contributed by atoms with Gasteiger partial charge in [-0.05, 0) is 19.1 Å². The highest BCUT2D eigenvalue weighted by Gasteiger charge is 2.25. The number of nitrogens with one attached hydrogen (secondary N) is 1. The predicted octanol–water partition coefficient (Wildman–Crippen LogP) is -0.410. The van der Waals surface area contributed by atoms with Crippen LogP contribution in [0.2, 0.25) is 0 Å². The molecular formula is C12H17N5O2. The fourth-order valence-electron chi connectivity index (χ4n) is 1.98. The van der Waals surface area contributed by atoms with E-state index in [0.717, 1.165) is 0 Å². The van der Waals surface area contributed by atoms with Crippen molar-refractivity contribution < 1.29 is 9.59 Å². The van der Waals surface area contributed by atoms with E-state index in [1.165, 1.54) is 4.90 Å². The quantitative estimate of drug-likeness (QED) is 0.559. The molecule has 1 aliphatic heterocycles. The summed E-state index contributed by atoms with van der Waals surface area (Å²) in [4.78, 5) is 31.2. The van der Waals surface area contributed by atoms with E-state index in [-0.39, 0.29) is 18.4 Å². The third-order valence-electron chi connectivity index (χ3n) is 3.09. The van der Waals surface area contributed by atoms with Gasteiger partial charge in [0.05, 0.1) is 0 Å². The van der Waals surface area contributed by atoms with Crippen LogP contribution in [-0.4, -0.2) is 53.3 Å². The first-order valence-corrected chi connectivity index (χ1v) is 6.00. The molecule has 0 radical (unpaired) electrons. The van der Waals surface area contributed by atoms with Crippen LogP contribution in [0.5, 0.6) is 0 Å². The number of aromatic nitrogens is 1. The van der Waals surface area contributed by atoms with Crippen molar-refractivity contribution in [2.45, 2.75) is 6.92 Å². The number of hydrogen-bond donors (Lipinski definition) is 2. The largest absolute Gasteiger partial charge is 0.342 e. The highest BCUT2D eigenvalue weighted by Crippen LogP contribution is 2.13. The molecule has 1 saturated heterocycles. The zero-order chi connectivity index (χ0) is 14.0. The second-order valence-corrected chi connectivity index (χ2v) is 4.57. The third-order valence-corrected chi connectivity index (χ3v) is 3.09. The number of carbonyl (C=O) groups excluding carboxylic acids is 2. The molecule has 1 fully saturated rings. The number of piperazine rings is 1. The number of nitrogens with zero attached hydrogens (tertiary/aromatic N) is 3. The van der Waals surface area contributed by atoms with Crippen LogP contribution >= 0.6 is 0 Å². The number of carbonyl (C=O) groups is 2. The Morgan fingerprint density at radius 1 is 1.42 bits per heavy atom. The van der Waals surface area contributed by atoms with Crippen LogP contribution in [0.25, 0.3) is 0 Å². The number of rotatable bonds is 2. The van der Waals surface area contributed by atoms with Gasteiger partial charge in [-0.3, -0.25) is 9.59 Å². The molecule has 2 amide bonds. The predicted molar refractivity (Wildman–Crippen MR) is 70.3 cm³/mol. The Morgan fingerprint density at radius 2 is 2.16 bits per heavy atom. The Kier molecular flexibility index (Phi) is 3.66. The zero-order valence-corrected chi connectivity index (χ0v) is 11.0. The van der Waals surface area contributed by atoms with Crippen LogP contribution in [0.15, 0.2) is 12.1 Å². The first-order chi connectivity index (χ1) is 9.01. The van der Waals surface area contributed by atoms with Crippen molar-refractivity contribution in [1.29, 1.82) is 0 Å². The molecule has 1 aliphatic rings. The summed E-state index contributed by atoms with van der Waals surface area (Å²) in [6.45, 7) is 2.99. The van der Waals surface area contributed by atoms with Crippen LogP contribution in [0.1, 0.15) is 16.1 Å². The van der Waals surface area contributed by atoms with Crippen LogP contribution < -0.4 is 11.3 Å². The Balaban J connectivity index is 2.20. The van der Waals surface area contributed by atoms with Crippen molar-refractivity contribution in [3.63, 3.8) is 0 Å². The maximum absolute atomic E-state index is 12.3. The fraction of sp³-hybridized carbons (Fsp3) is 0.417. The molecule has 0 aliphatic carbocycles. The van der Waals surface area contributed by atoms with E-state index >= 15 is 0 Å². The molecule has 2 rings (SSSR count).